The summed E-state index contributed by atoms with van der Waals surface area (Å²) in [6, 6.07) is 0. The van der Waals surface area contributed by atoms with Crippen molar-refractivity contribution in [3.8, 4) is 0 Å². The molecule has 0 bridgehead atoms. The number of hydrogen-bond acceptors (Lipinski definition) is 1. The van der Waals surface area contributed by atoms with E-state index in [0.717, 1.165) is 6.54 Å². The lowest BCUT2D eigenvalue weighted by Gasteiger charge is -2.38. The summed E-state index contributed by atoms with van der Waals surface area (Å²) in [5, 5.41) is 0. The zero-order valence-corrected chi connectivity index (χ0v) is 5.32. The van der Waals surface area contributed by atoms with Gasteiger partial charge in [0.1, 0.15) is 0 Å². The van der Waals surface area contributed by atoms with Crippen molar-refractivity contribution >= 4 is 0 Å². The smallest absolute Gasteiger partial charge is 0.268 e. The van der Waals surface area contributed by atoms with Gasteiger partial charge in [0.05, 0.1) is 5.54 Å². The van der Waals surface area contributed by atoms with Crippen molar-refractivity contribution in [1.29, 1.82) is 0 Å². The fourth-order valence-electron chi connectivity index (χ4n) is 1.61. The Labute approximate surface area is 52.6 Å². The van der Waals surface area contributed by atoms with Crippen molar-refractivity contribution in [3.63, 3.8) is 0 Å². The van der Waals surface area contributed by atoms with Crippen LogP contribution in [0.15, 0.2) is 0 Å². The van der Waals surface area contributed by atoms with Gasteiger partial charge in [0, 0.05) is 13.0 Å². The maximum absolute atomic E-state index is 12.4. The molecule has 1 nitrogen and oxygen atoms in total. The predicted molar refractivity (Wildman–Crippen MR) is 29.5 cm³/mol. The third kappa shape index (κ3) is 0.430. The van der Waals surface area contributed by atoms with Gasteiger partial charge in [-0.3, -0.25) is 4.90 Å². The first-order valence-electron chi connectivity index (χ1n) is 3.18. The molecule has 0 aromatic heterocycles. The van der Waals surface area contributed by atoms with E-state index in [0.29, 0.717) is 6.42 Å². The Morgan fingerprint density at radius 2 is 2.00 bits per heavy atom. The van der Waals surface area contributed by atoms with E-state index in [1.165, 1.54) is 0 Å². The molecule has 1 heterocycles. The molecule has 1 aliphatic heterocycles. The van der Waals surface area contributed by atoms with E-state index in [-0.39, 0.29) is 6.42 Å². The molecule has 1 saturated heterocycles. The van der Waals surface area contributed by atoms with Crippen LogP contribution in [-0.4, -0.2) is 30.0 Å². The van der Waals surface area contributed by atoms with Crippen LogP contribution in [0.4, 0.5) is 8.78 Å². The van der Waals surface area contributed by atoms with Gasteiger partial charge in [-0.1, -0.05) is 0 Å². The molecule has 0 amide bonds. The summed E-state index contributed by atoms with van der Waals surface area (Å²) in [4.78, 5) is 1.76. The molecule has 1 atom stereocenters. The Morgan fingerprint density at radius 1 is 1.44 bits per heavy atom. The van der Waals surface area contributed by atoms with Crippen molar-refractivity contribution in [1.82, 2.24) is 4.90 Å². The third-order valence-electron chi connectivity index (χ3n) is 2.66. The van der Waals surface area contributed by atoms with Crippen LogP contribution in [0.2, 0.25) is 0 Å². The molecule has 0 aromatic carbocycles. The summed E-state index contributed by atoms with van der Waals surface area (Å²) in [6.45, 7) is 0.843. The summed E-state index contributed by atoms with van der Waals surface area (Å²) < 4.78 is 24.9. The highest BCUT2D eigenvalue weighted by atomic mass is 19.3. The van der Waals surface area contributed by atoms with Gasteiger partial charge in [-0.2, -0.15) is 0 Å². The molecular formula is C6H9F2N. The van der Waals surface area contributed by atoms with Gasteiger partial charge in [-0.15, -0.1) is 0 Å². The summed E-state index contributed by atoms with van der Waals surface area (Å²) in [6.07, 6.45) is 0.785. The molecule has 2 fully saturated rings. The summed E-state index contributed by atoms with van der Waals surface area (Å²) in [5.41, 5.74) is -0.674. The molecular weight excluding hydrogens is 124 g/mol. The van der Waals surface area contributed by atoms with E-state index in [1.54, 1.807) is 11.9 Å². The van der Waals surface area contributed by atoms with E-state index in [2.05, 4.69) is 0 Å². The highest BCUT2D eigenvalue weighted by Gasteiger charge is 2.76. The molecule has 0 aromatic rings. The van der Waals surface area contributed by atoms with E-state index < -0.39 is 11.5 Å². The first-order chi connectivity index (χ1) is 4.08. The van der Waals surface area contributed by atoms with E-state index >= 15 is 0 Å². The number of nitrogens with zero attached hydrogens (tertiary/aromatic N) is 1. The average Bonchev–Trinajstić information content (AvgIpc) is 2.34. The van der Waals surface area contributed by atoms with Crippen molar-refractivity contribution in [2.75, 3.05) is 13.6 Å². The average molecular weight is 133 g/mol. The van der Waals surface area contributed by atoms with Crippen LogP contribution in [0.5, 0.6) is 0 Å². The molecule has 1 spiro atoms. The highest BCUT2D eigenvalue weighted by Crippen LogP contribution is 2.62. The molecule has 1 unspecified atom stereocenters. The quantitative estimate of drug-likeness (QED) is 0.478. The highest BCUT2D eigenvalue weighted by molar-refractivity contribution is 5.23. The fourth-order valence-corrected chi connectivity index (χ4v) is 1.61. The number of alkyl halides is 2. The number of rotatable bonds is 0. The van der Waals surface area contributed by atoms with Crippen molar-refractivity contribution in [2.45, 2.75) is 24.3 Å². The molecule has 52 valence electrons. The topological polar surface area (TPSA) is 3.24 Å². The minimum absolute atomic E-state index is 0.0938. The van der Waals surface area contributed by atoms with Crippen LogP contribution >= 0.6 is 0 Å². The molecule has 3 heteroatoms. The van der Waals surface area contributed by atoms with Gasteiger partial charge in [0.25, 0.3) is 5.92 Å². The lowest BCUT2D eigenvalue weighted by Crippen LogP contribution is -2.50. The lowest BCUT2D eigenvalue weighted by molar-refractivity contribution is -0.0183. The maximum atomic E-state index is 12.4. The number of halogens is 2. The maximum Gasteiger partial charge on any atom is 0.268 e. The summed E-state index contributed by atoms with van der Waals surface area (Å²) >= 11 is 0. The van der Waals surface area contributed by atoms with Crippen LogP contribution in [-0.2, 0) is 0 Å². The third-order valence-corrected chi connectivity index (χ3v) is 2.66. The normalized spacial score (nSPS) is 47.0. The molecule has 2 aliphatic rings. The monoisotopic (exact) mass is 133 g/mol. The van der Waals surface area contributed by atoms with Gasteiger partial charge in [0.2, 0.25) is 0 Å². The lowest BCUT2D eigenvalue weighted by atomic mass is 10.0. The van der Waals surface area contributed by atoms with Gasteiger partial charge in [-0.05, 0) is 13.5 Å². The fraction of sp³-hybridized carbons (Fsp3) is 1.00. The second-order valence-corrected chi connectivity index (χ2v) is 3.08. The van der Waals surface area contributed by atoms with Crippen molar-refractivity contribution < 1.29 is 8.78 Å². The Morgan fingerprint density at radius 3 is 2.00 bits per heavy atom. The molecule has 0 N–H and O–H groups in total. The van der Waals surface area contributed by atoms with Crippen LogP contribution in [0, 0.1) is 0 Å². The standard InChI is InChI=1S/C6H9F2N/c1-9-3-2-5(9)4-6(5,7)8/h2-4H2,1H3. The largest absolute Gasteiger partial charge is 0.295 e. The zero-order chi connectivity index (χ0) is 6.70. The molecule has 2 rings (SSSR count). The van der Waals surface area contributed by atoms with E-state index in [1.807, 2.05) is 0 Å². The van der Waals surface area contributed by atoms with Crippen molar-refractivity contribution in [3.05, 3.63) is 0 Å². The Hall–Kier alpha value is -0.180. The second kappa shape index (κ2) is 1.15. The number of hydrogen-bond donors (Lipinski definition) is 0. The SMILES string of the molecule is CN1CCC12CC2(F)F. The van der Waals surface area contributed by atoms with E-state index in [9.17, 15) is 8.78 Å². The summed E-state index contributed by atoms with van der Waals surface area (Å²) in [5.74, 6) is -2.36. The zero-order valence-electron chi connectivity index (χ0n) is 5.32. The molecule has 1 aliphatic carbocycles. The summed E-state index contributed by atoms with van der Waals surface area (Å²) in [7, 11) is 1.77. The second-order valence-electron chi connectivity index (χ2n) is 3.08. The van der Waals surface area contributed by atoms with Gasteiger partial charge < -0.3 is 0 Å². The molecule has 9 heavy (non-hydrogen) atoms. The van der Waals surface area contributed by atoms with Crippen LogP contribution in [0.1, 0.15) is 12.8 Å². The Kier molecular flexibility index (Phi) is 0.712. The predicted octanol–water partition coefficient (Wildman–Crippen LogP) is 1.10. The van der Waals surface area contributed by atoms with Gasteiger partial charge in [0.15, 0.2) is 0 Å². The minimum atomic E-state index is -2.36. The molecule has 1 saturated carbocycles. The minimum Gasteiger partial charge on any atom is -0.295 e. The first-order valence-corrected chi connectivity index (χ1v) is 3.18. The molecule has 0 radical (unpaired) electrons. The van der Waals surface area contributed by atoms with Gasteiger partial charge in [-0.25, -0.2) is 8.78 Å². The van der Waals surface area contributed by atoms with Crippen LogP contribution < -0.4 is 0 Å². The van der Waals surface area contributed by atoms with Gasteiger partial charge >= 0.3 is 0 Å². The van der Waals surface area contributed by atoms with Crippen LogP contribution in [0.25, 0.3) is 0 Å². The van der Waals surface area contributed by atoms with Crippen molar-refractivity contribution in [2.24, 2.45) is 0 Å². The first kappa shape index (κ1) is 5.59. The van der Waals surface area contributed by atoms with E-state index in [4.69, 9.17) is 0 Å². The Bertz CT molecular complexity index is 157. The Balaban J connectivity index is 2.15. The van der Waals surface area contributed by atoms with Crippen LogP contribution in [0.3, 0.4) is 0 Å². The number of likely N-dealkylation sites (tertiary alicyclic amines) is 1.